The van der Waals surface area contributed by atoms with Crippen molar-refractivity contribution in [3.63, 3.8) is 0 Å². The van der Waals surface area contributed by atoms with Crippen molar-refractivity contribution >= 4 is 11.8 Å². The van der Waals surface area contributed by atoms with Gasteiger partial charge in [-0.05, 0) is 26.0 Å². The van der Waals surface area contributed by atoms with Crippen LogP contribution >= 0.6 is 0 Å². The van der Waals surface area contributed by atoms with Crippen molar-refractivity contribution in [1.29, 1.82) is 0 Å². The number of rotatable bonds is 2. The second-order valence-corrected chi connectivity index (χ2v) is 5.53. The van der Waals surface area contributed by atoms with Crippen LogP contribution in [0.5, 0.6) is 0 Å². The molecule has 0 bridgehead atoms. The molecule has 0 radical (unpaired) electrons. The molecule has 1 aliphatic rings. The Kier molecular flexibility index (Phi) is 4.10. The minimum Gasteiger partial charge on any atom is -0.361 e. The van der Waals surface area contributed by atoms with Gasteiger partial charge in [0.15, 0.2) is 0 Å². The van der Waals surface area contributed by atoms with E-state index in [1.807, 2.05) is 0 Å². The van der Waals surface area contributed by atoms with Crippen LogP contribution < -0.4 is 0 Å². The van der Waals surface area contributed by atoms with Crippen LogP contribution in [-0.4, -0.2) is 57.9 Å². The quantitative estimate of drug-likeness (QED) is 0.834. The van der Waals surface area contributed by atoms with Gasteiger partial charge in [0.2, 0.25) is 0 Å². The number of piperazine rings is 1. The van der Waals surface area contributed by atoms with Crippen LogP contribution in [0.15, 0.2) is 29.0 Å². The number of amides is 2. The van der Waals surface area contributed by atoms with E-state index in [0.717, 1.165) is 0 Å². The van der Waals surface area contributed by atoms with Gasteiger partial charge in [0.25, 0.3) is 11.8 Å². The molecule has 7 nitrogen and oxygen atoms in total. The molecule has 3 rings (SSSR count). The van der Waals surface area contributed by atoms with Gasteiger partial charge in [-0.25, -0.2) is 0 Å². The van der Waals surface area contributed by atoms with Crippen molar-refractivity contribution in [2.24, 2.45) is 0 Å². The van der Waals surface area contributed by atoms with E-state index in [1.165, 1.54) is 0 Å². The minimum atomic E-state index is -0.0882. The molecule has 0 N–H and O–H groups in total. The number of aromatic nitrogens is 2. The Balaban J connectivity index is 1.65. The lowest BCUT2D eigenvalue weighted by Crippen LogP contribution is -2.50. The van der Waals surface area contributed by atoms with Gasteiger partial charge in [-0.1, -0.05) is 5.16 Å². The van der Waals surface area contributed by atoms with Gasteiger partial charge in [-0.15, -0.1) is 0 Å². The third-order valence-corrected chi connectivity index (χ3v) is 4.01. The smallest absolute Gasteiger partial charge is 0.259 e. The molecule has 0 unspecified atom stereocenters. The van der Waals surface area contributed by atoms with Crippen molar-refractivity contribution in [2.45, 2.75) is 13.8 Å². The predicted octanol–water partition coefficient (Wildman–Crippen LogP) is 1.28. The highest BCUT2D eigenvalue weighted by atomic mass is 16.5. The lowest BCUT2D eigenvalue weighted by atomic mass is 10.1. The Morgan fingerprint density at radius 3 is 2.26 bits per heavy atom. The maximum Gasteiger partial charge on any atom is 0.259 e. The zero-order valence-electron chi connectivity index (χ0n) is 13.2. The van der Waals surface area contributed by atoms with E-state index in [9.17, 15) is 9.59 Å². The molecule has 3 heterocycles. The van der Waals surface area contributed by atoms with Gasteiger partial charge in [-0.3, -0.25) is 14.6 Å². The molecule has 0 atom stereocenters. The average Bonchev–Trinajstić information content (AvgIpc) is 2.93. The second-order valence-electron chi connectivity index (χ2n) is 5.53. The average molecular weight is 314 g/mol. The molecular formula is C16H18N4O3. The minimum absolute atomic E-state index is 0.0532. The summed E-state index contributed by atoms with van der Waals surface area (Å²) in [7, 11) is 0. The number of aryl methyl sites for hydroxylation is 2. The van der Waals surface area contributed by atoms with Crippen LogP contribution in [0.4, 0.5) is 0 Å². The normalized spacial score (nSPS) is 14.9. The van der Waals surface area contributed by atoms with Gasteiger partial charge in [-0.2, -0.15) is 0 Å². The monoisotopic (exact) mass is 314 g/mol. The molecule has 1 saturated heterocycles. The maximum atomic E-state index is 12.6. The largest absolute Gasteiger partial charge is 0.361 e. The first-order chi connectivity index (χ1) is 11.1. The molecule has 2 amide bonds. The van der Waals surface area contributed by atoms with Crippen LogP contribution in [0.25, 0.3) is 0 Å². The molecular weight excluding hydrogens is 296 g/mol. The van der Waals surface area contributed by atoms with E-state index in [4.69, 9.17) is 4.52 Å². The molecule has 0 aliphatic carbocycles. The molecule has 120 valence electrons. The fourth-order valence-electron chi connectivity index (χ4n) is 2.73. The van der Waals surface area contributed by atoms with E-state index in [2.05, 4.69) is 10.1 Å². The molecule has 7 heteroatoms. The van der Waals surface area contributed by atoms with Gasteiger partial charge in [0.05, 0.1) is 11.3 Å². The first-order valence-electron chi connectivity index (χ1n) is 7.49. The molecule has 0 aromatic carbocycles. The maximum absolute atomic E-state index is 12.6. The van der Waals surface area contributed by atoms with Crippen LogP contribution in [0.1, 0.15) is 32.2 Å². The topological polar surface area (TPSA) is 79.5 Å². The zero-order chi connectivity index (χ0) is 16.4. The fourth-order valence-corrected chi connectivity index (χ4v) is 2.73. The summed E-state index contributed by atoms with van der Waals surface area (Å²) in [6, 6.07) is 3.49. The molecule has 2 aromatic rings. The summed E-state index contributed by atoms with van der Waals surface area (Å²) in [4.78, 5) is 32.4. The number of carbonyl (C=O) groups is 2. The fraction of sp³-hybridized carbons (Fsp3) is 0.375. The van der Waals surface area contributed by atoms with E-state index < -0.39 is 0 Å². The highest BCUT2D eigenvalue weighted by Gasteiger charge is 2.28. The summed E-state index contributed by atoms with van der Waals surface area (Å²) in [6.45, 7) is 5.48. The number of carbonyl (C=O) groups excluding carboxylic acids is 2. The highest BCUT2D eigenvalue weighted by molar-refractivity contribution is 5.97. The summed E-state index contributed by atoms with van der Waals surface area (Å²) in [5.41, 5.74) is 1.69. The van der Waals surface area contributed by atoms with Crippen molar-refractivity contribution in [2.75, 3.05) is 26.2 Å². The van der Waals surface area contributed by atoms with E-state index in [-0.39, 0.29) is 11.8 Å². The standard InChI is InChI=1S/C16H18N4O3/c1-11-14(12(2)23-18-11)16(22)20-8-6-19(7-9-20)15(21)13-4-3-5-17-10-13/h3-5,10H,6-9H2,1-2H3. The second kappa shape index (κ2) is 6.20. The third kappa shape index (κ3) is 2.94. The van der Waals surface area contributed by atoms with Crippen LogP contribution in [0.3, 0.4) is 0 Å². The number of nitrogens with zero attached hydrogens (tertiary/aromatic N) is 4. The van der Waals surface area contributed by atoms with E-state index in [1.54, 1.807) is 48.2 Å². The Hall–Kier alpha value is -2.70. The predicted molar refractivity (Wildman–Crippen MR) is 82.0 cm³/mol. The Bertz CT molecular complexity index is 699. The molecule has 1 aliphatic heterocycles. The van der Waals surface area contributed by atoms with Gasteiger partial charge in [0.1, 0.15) is 11.3 Å². The van der Waals surface area contributed by atoms with E-state index >= 15 is 0 Å². The Morgan fingerprint density at radius 1 is 1.09 bits per heavy atom. The summed E-state index contributed by atoms with van der Waals surface area (Å²) in [5.74, 6) is 0.388. The van der Waals surface area contributed by atoms with Crippen LogP contribution in [0, 0.1) is 13.8 Å². The number of pyridine rings is 1. The SMILES string of the molecule is Cc1noc(C)c1C(=O)N1CCN(C(=O)c2cccnc2)CC1. The molecule has 0 saturated carbocycles. The number of hydrogen-bond acceptors (Lipinski definition) is 5. The van der Waals surface area contributed by atoms with Crippen molar-refractivity contribution in [3.8, 4) is 0 Å². The first-order valence-corrected chi connectivity index (χ1v) is 7.49. The lowest BCUT2D eigenvalue weighted by Gasteiger charge is -2.34. The third-order valence-electron chi connectivity index (χ3n) is 4.01. The summed E-state index contributed by atoms with van der Waals surface area (Å²) in [6.07, 6.45) is 3.20. The van der Waals surface area contributed by atoms with Gasteiger partial charge < -0.3 is 14.3 Å². The summed E-state index contributed by atoms with van der Waals surface area (Å²) < 4.78 is 5.06. The van der Waals surface area contributed by atoms with E-state index in [0.29, 0.717) is 48.8 Å². The lowest BCUT2D eigenvalue weighted by molar-refractivity contribution is 0.0534. The molecule has 23 heavy (non-hydrogen) atoms. The van der Waals surface area contributed by atoms with Crippen molar-refractivity contribution in [3.05, 3.63) is 47.1 Å². The van der Waals surface area contributed by atoms with Gasteiger partial charge in [0, 0.05) is 38.6 Å². The van der Waals surface area contributed by atoms with Crippen molar-refractivity contribution in [1.82, 2.24) is 19.9 Å². The summed E-state index contributed by atoms with van der Waals surface area (Å²) >= 11 is 0. The molecule has 1 fully saturated rings. The van der Waals surface area contributed by atoms with Crippen molar-refractivity contribution < 1.29 is 14.1 Å². The Morgan fingerprint density at radius 2 is 1.74 bits per heavy atom. The van der Waals surface area contributed by atoms with Gasteiger partial charge >= 0.3 is 0 Å². The Labute approximate surface area is 133 Å². The molecule has 2 aromatic heterocycles. The molecule has 0 spiro atoms. The zero-order valence-corrected chi connectivity index (χ0v) is 13.2. The first kappa shape index (κ1) is 15.2. The summed E-state index contributed by atoms with van der Waals surface area (Å²) in [5, 5.41) is 3.82. The van der Waals surface area contributed by atoms with Crippen LogP contribution in [-0.2, 0) is 0 Å². The number of hydrogen-bond donors (Lipinski definition) is 0. The van der Waals surface area contributed by atoms with Crippen LogP contribution in [0.2, 0.25) is 0 Å². The highest BCUT2D eigenvalue weighted by Crippen LogP contribution is 2.17.